The zero-order valence-electron chi connectivity index (χ0n) is 9.95. The zero-order valence-corrected chi connectivity index (χ0v) is 9.95. The molecule has 2 amide bonds. The van der Waals surface area contributed by atoms with Gasteiger partial charge < -0.3 is 16.4 Å². The summed E-state index contributed by atoms with van der Waals surface area (Å²) in [4.78, 5) is 22.5. The van der Waals surface area contributed by atoms with Crippen LogP contribution in [0.4, 0.5) is 0 Å². The number of hydrogen-bond donors (Lipinski definition) is 3. The van der Waals surface area contributed by atoms with Crippen LogP contribution in [0.2, 0.25) is 0 Å². The van der Waals surface area contributed by atoms with Gasteiger partial charge in [-0.2, -0.15) is 0 Å². The van der Waals surface area contributed by atoms with Crippen molar-refractivity contribution >= 4 is 11.8 Å². The molecule has 0 radical (unpaired) electrons. The Labute approximate surface area is 96.1 Å². The third kappa shape index (κ3) is 4.18. The molecule has 3 atom stereocenters. The van der Waals surface area contributed by atoms with E-state index in [4.69, 9.17) is 5.73 Å². The van der Waals surface area contributed by atoms with Crippen molar-refractivity contribution in [2.45, 2.75) is 45.2 Å². The molecular weight excluding hydrogens is 206 g/mol. The number of piperidine rings is 1. The molecular formula is C11H21N3O2. The number of amides is 2. The number of rotatable bonds is 4. The van der Waals surface area contributed by atoms with E-state index in [1.165, 1.54) is 0 Å². The lowest BCUT2D eigenvalue weighted by Crippen LogP contribution is -2.50. The van der Waals surface area contributed by atoms with E-state index in [2.05, 4.69) is 17.6 Å². The van der Waals surface area contributed by atoms with Gasteiger partial charge in [-0.25, -0.2) is 0 Å². The summed E-state index contributed by atoms with van der Waals surface area (Å²) in [6, 6.07) is -0.317. The summed E-state index contributed by atoms with van der Waals surface area (Å²) in [6.45, 7) is 4.81. The number of nitrogens with one attached hydrogen (secondary N) is 2. The van der Waals surface area contributed by atoms with Crippen molar-refractivity contribution < 1.29 is 9.59 Å². The molecule has 0 saturated carbocycles. The van der Waals surface area contributed by atoms with Crippen LogP contribution in [0.25, 0.3) is 0 Å². The fraction of sp³-hybridized carbons (Fsp3) is 0.818. The molecule has 4 N–H and O–H groups in total. The van der Waals surface area contributed by atoms with Gasteiger partial charge >= 0.3 is 0 Å². The van der Waals surface area contributed by atoms with E-state index >= 15 is 0 Å². The number of carbonyl (C=O) groups excluding carboxylic acids is 2. The first-order chi connectivity index (χ1) is 7.49. The van der Waals surface area contributed by atoms with E-state index in [1.807, 2.05) is 0 Å². The van der Waals surface area contributed by atoms with Gasteiger partial charge in [0.05, 0.1) is 6.04 Å². The van der Waals surface area contributed by atoms with Crippen LogP contribution in [-0.4, -0.2) is 30.4 Å². The molecule has 1 heterocycles. The van der Waals surface area contributed by atoms with Crippen molar-refractivity contribution in [2.75, 3.05) is 6.54 Å². The van der Waals surface area contributed by atoms with Gasteiger partial charge in [-0.3, -0.25) is 9.59 Å². The van der Waals surface area contributed by atoms with Gasteiger partial charge in [-0.15, -0.1) is 0 Å². The monoisotopic (exact) mass is 227 g/mol. The average molecular weight is 227 g/mol. The second-order valence-electron chi connectivity index (χ2n) is 4.72. The summed E-state index contributed by atoms with van der Waals surface area (Å²) >= 11 is 0. The van der Waals surface area contributed by atoms with Crippen molar-refractivity contribution in [1.29, 1.82) is 0 Å². The summed E-state index contributed by atoms with van der Waals surface area (Å²) in [5, 5.41) is 5.98. The lowest BCUT2D eigenvalue weighted by Gasteiger charge is -2.28. The quantitative estimate of drug-likeness (QED) is 0.619. The second-order valence-corrected chi connectivity index (χ2v) is 4.72. The highest BCUT2D eigenvalue weighted by Gasteiger charge is 2.25. The molecule has 1 saturated heterocycles. The zero-order chi connectivity index (χ0) is 12.1. The Kier molecular flexibility index (Phi) is 4.73. The SMILES string of the molecule is CC1CCNC(C(=O)NC(C)CC(N)=O)C1. The van der Waals surface area contributed by atoms with E-state index in [0.29, 0.717) is 5.92 Å². The predicted molar refractivity (Wildman–Crippen MR) is 61.6 cm³/mol. The second kappa shape index (κ2) is 5.84. The molecule has 1 aliphatic heterocycles. The van der Waals surface area contributed by atoms with Gasteiger partial charge in [0.25, 0.3) is 0 Å². The number of carbonyl (C=O) groups is 2. The van der Waals surface area contributed by atoms with Gasteiger partial charge in [0.1, 0.15) is 0 Å². The molecule has 0 aromatic rings. The van der Waals surface area contributed by atoms with Crippen molar-refractivity contribution in [3.8, 4) is 0 Å². The maximum Gasteiger partial charge on any atom is 0.237 e. The van der Waals surface area contributed by atoms with E-state index < -0.39 is 5.91 Å². The average Bonchev–Trinajstić information content (AvgIpc) is 2.16. The summed E-state index contributed by atoms with van der Waals surface area (Å²) in [5.41, 5.74) is 5.06. The molecule has 0 aromatic heterocycles. The molecule has 0 aromatic carbocycles. The largest absolute Gasteiger partial charge is 0.370 e. The summed E-state index contributed by atoms with van der Waals surface area (Å²) in [5.74, 6) is 0.154. The molecule has 1 fully saturated rings. The van der Waals surface area contributed by atoms with Gasteiger partial charge in [0, 0.05) is 12.5 Å². The highest BCUT2D eigenvalue weighted by Crippen LogP contribution is 2.15. The number of nitrogens with two attached hydrogens (primary N) is 1. The molecule has 16 heavy (non-hydrogen) atoms. The summed E-state index contributed by atoms with van der Waals surface area (Å²) in [7, 11) is 0. The Morgan fingerprint density at radius 3 is 2.81 bits per heavy atom. The van der Waals surface area contributed by atoms with E-state index in [1.54, 1.807) is 6.92 Å². The maximum absolute atomic E-state index is 11.8. The molecule has 5 nitrogen and oxygen atoms in total. The van der Waals surface area contributed by atoms with Crippen LogP contribution in [0.15, 0.2) is 0 Å². The standard InChI is InChI=1S/C11H21N3O2/c1-7-3-4-13-9(5-7)11(16)14-8(2)6-10(12)15/h7-9,13H,3-6H2,1-2H3,(H2,12,15)(H,14,16). The minimum atomic E-state index is -0.391. The van der Waals surface area contributed by atoms with Crippen LogP contribution in [0.3, 0.4) is 0 Å². The Bertz CT molecular complexity index is 268. The van der Waals surface area contributed by atoms with Crippen LogP contribution in [-0.2, 0) is 9.59 Å². The van der Waals surface area contributed by atoms with Gasteiger partial charge in [-0.1, -0.05) is 6.92 Å². The first-order valence-corrected chi connectivity index (χ1v) is 5.81. The van der Waals surface area contributed by atoms with Crippen molar-refractivity contribution in [3.63, 3.8) is 0 Å². The molecule has 0 spiro atoms. The fourth-order valence-corrected chi connectivity index (χ4v) is 2.00. The smallest absolute Gasteiger partial charge is 0.237 e. The minimum absolute atomic E-state index is 0.0275. The first-order valence-electron chi connectivity index (χ1n) is 5.81. The van der Waals surface area contributed by atoms with Gasteiger partial charge in [-0.05, 0) is 32.2 Å². The predicted octanol–water partition coefficient (Wildman–Crippen LogP) is -0.245. The number of hydrogen-bond acceptors (Lipinski definition) is 3. The van der Waals surface area contributed by atoms with Crippen LogP contribution in [0.1, 0.15) is 33.1 Å². The summed E-state index contributed by atoms with van der Waals surface area (Å²) in [6.07, 6.45) is 2.16. The molecule has 5 heteroatoms. The topological polar surface area (TPSA) is 84.2 Å². The molecule has 0 bridgehead atoms. The Morgan fingerprint density at radius 1 is 1.56 bits per heavy atom. The normalized spacial score (nSPS) is 27.1. The van der Waals surface area contributed by atoms with E-state index in [0.717, 1.165) is 19.4 Å². The number of primary amides is 1. The fourth-order valence-electron chi connectivity index (χ4n) is 2.00. The maximum atomic E-state index is 11.8. The van der Waals surface area contributed by atoms with Gasteiger partial charge in [0.15, 0.2) is 0 Å². The van der Waals surface area contributed by atoms with Crippen LogP contribution < -0.4 is 16.4 Å². The molecule has 1 rings (SSSR count). The Balaban J connectivity index is 2.36. The van der Waals surface area contributed by atoms with Crippen LogP contribution >= 0.6 is 0 Å². The van der Waals surface area contributed by atoms with Crippen molar-refractivity contribution in [1.82, 2.24) is 10.6 Å². The third-order valence-corrected chi connectivity index (χ3v) is 2.88. The van der Waals surface area contributed by atoms with Crippen LogP contribution in [0.5, 0.6) is 0 Å². The highest BCUT2D eigenvalue weighted by atomic mass is 16.2. The van der Waals surface area contributed by atoms with Crippen LogP contribution in [0, 0.1) is 5.92 Å². The molecule has 1 aliphatic rings. The van der Waals surface area contributed by atoms with Gasteiger partial charge in [0.2, 0.25) is 11.8 Å². The lowest BCUT2D eigenvalue weighted by molar-refractivity contribution is -0.125. The summed E-state index contributed by atoms with van der Waals surface area (Å²) < 4.78 is 0. The lowest BCUT2D eigenvalue weighted by atomic mass is 9.94. The van der Waals surface area contributed by atoms with Crippen molar-refractivity contribution in [3.05, 3.63) is 0 Å². The van der Waals surface area contributed by atoms with E-state index in [9.17, 15) is 9.59 Å². The van der Waals surface area contributed by atoms with Crippen molar-refractivity contribution in [2.24, 2.45) is 11.7 Å². The van der Waals surface area contributed by atoms with E-state index in [-0.39, 0.29) is 24.4 Å². The third-order valence-electron chi connectivity index (χ3n) is 2.88. The molecule has 3 unspecified atom stereocenters. The Hall–Kier alpha value is -1.10. The minimum Gasteiger partial charge on any atom is -0.370 e. The molecule has 0 aliphatic carbocycles. The first kappa shape index (κ1) is 13.0. The Morgan fingerprint density at radius 2 is 2.25 bits per heavy atom. The highest BCUT2D eigenvalue weighted by molar-refractivity contribution is 5.83. The molecule has 92 valence electrons.